The van der Waals surface area contributed by atoms with Crippen LogP contribution in [-0.2, 0) is 14.9 Å². The molecule has 0 aromatic heterocycles. The lowest BCUT2D eigenvalue weighted by Gasteiger charge is -2.48. The Morgan fingerprint density at radius 2 is 2.04 bits per heavy atom. The molecule has 0 amide bonds. The van der Waals surface area contributed by atoms with Crippen LogP contribution in [-0.4, -0.2) is 36.9 Å². The highest BCUT2D eigenvalue weighted by Crippen LogP contribution is 2.59. The van der Waals surface area contributed by atoms with Gasteiger partial charge in [-0.05, 0) is 55.7 Å². The Bertz CT molecular complexity index is 860. The van der Waals surface area contributed by atoms with Crippen LogP contribution in [0.4, 0.5) is 4.39 Å². The van der Waals surface area contributed by atoms with E-state index in [1.807, 2.05) is 0 Å². The summed E-state index contributed by atoms with van der Waals surface area (Å²) in [5, 5.41) is 0. The fourth-order valence-corrected chi connectivity index (χ4v) is 5.00. The van der Waals surface area contributed by atoms with Crippen LogP contribution in [0.2, 0.25) is 0 Å². The first kappa shape index (κ1) is 21.0. The number of ether oxygens (including phenoxy) is 2. The zero-order valence-corrected chi connectivity index (χ0v) is 17.2. The van der Waals surface area contributed by atoms with Crippen molar-refractivity contribution in [1.29, 1.82) is 0 Å². The fraction of sp³-hybridized carbons (Fsp3) is 0.650. The summed E-state index contributed by atoms with van der Waals surface area (Å²) in [4.78, 5) is 12.2. The molecule has 1 N–H and O–H groups in total. The average molecular weight is 414 g/mol. The number of carbonyl (C=O) groups is 1. The molecule has 28 heavy (non-hydrogen) atoms. The summed E-state index contributed by atoms with van der Waals surface area (Å²) in [6, 6.07) is 3.73. The van der Waals surface area contributed by atoms with Crippen molar-refractivity contribution >= 4 is 16.1 Å². The summed E-state index contributed by atoms with van der Waals surface area (Å²) >= 11 is 0. The molecule has 2 bridgehead atoms. The molecule has 0 radical (unpaired) electrons. The molecule has 0 heterocycles. The smallest absolute Gasteiger partial charge is 0.338 e. The van der Waals surface area contributed by atoms with E-state index in [1.165, 1.54) is 18.6 Å². The van der Waals surface area contributed by atoms with Gasteiger partial charge in [0.2, 0.25) is 0 Å². The van der Waals surface area contributed by atoms with Gasteiger partial charge in [-0.3, -0.25) is 4.55 Å². The molecule has 2 fully saturated rings. The van der Waals surface area contributed by atoms with E-state index in [9.17, 15) is 17.6 Å². The molecule has 2 saturated carbocycles. The summed E-state index contributed by atoms with van der Waals surface area (Å²) in [7, 11) is -4.22. The maximum Gasteiger partial charge on any atom is 0.338 e. The second kappa shape index (κ2) is 7.30. The molecule has 3 atom stereocenters. The van der Waals surface area contributed by atoms with Crippen LogP contribution in [0.1, 0.15) is 56.8 Å². The Morgan fingerprint density at radius 3 is 2.57 bits per heavy atom. The van der Waals surface area contributed by atoms with Crippen molar-refractivity contribution in [3.63, 3.8) is 0 Å². The van der Waals surface area contributed by atoms with Crippen LogP contribution in [0.25, 0.3) is 0 Å². The minimum Gasteiger partial charge on any atom is -0.483 e. The lowest BCUT2D eigenvalue weighted by atomic mass is 9.67. The summed E-state index contributed by atoms with van der Waals surface area (Å²) < 4.78 is 55.8. The second-order valence-corrected chi connectivity index (χ2v) is 10.5. The Kier molecular flexibility index (Phi) is 5.49. The van der Waals surface area contributed by atoms with Crippen molar-refractivity contribution in [2.45, 2.75) is 52.1 Å². The predicted molar refractivity (Wildman–Crippen MR) is 101 cm³/mol. The van der Waals surface area contributed by atoms with Gasteiger partial charge in [-0.15, -0.1) is 0 Å². The van der Waals surface area contributed by atoms with Gasteiger partial charge in [0.1, 0.15) is 18.0 Å². The Hall–Kier alpha value is -1.67. The number of halogens is 1. The first-order valence-corrected chi connectivity index (χ1v) is 11.1. The van der Waals surface area contributed by atoms with Crippen molar-refractivity contribution < 1.29 is 31.6 Å². The highest BCUT2D eigenvalue weighted by molar-refractivity contribution is 7.85. The van der Waals surface area contributed by atoms with Crippen LogP contribution in [0, 0.1) is 23.1 Å². The molecule has 0 aliphatic heterocycles. The molecule has 3 rings (SSSR count). The quantitative estimate of drug-likeness (QED) is 0.562. The number of benzene rings is 1. The molecular weight excluding hydrogens is 387 g/mol. The Labute approximate surface area is 165 Å². The number of rotatable bonds is 6. The zero-order valence-electron chi connectivity index (χ0n) is 16.4. The molecular formula is C20H27FO6S. The molecule has 156 valence electrons. The number of hydrogen-bond donors (Lipinski definition) is 1. The van der Waals surface area contributed by atoms with Crippen molar-refractivity contribution in [2.75, 3.05) is 12.4 Å². The minimum absolute atomic E-state index is 0.00621. The van der Waals surface area contributed by atoms with Gasteiger partial charge in [-0.1, -0.05) is 20.8 Å². The Balaban J connectivity index is 1.80. The van der Waals surface area contributed by atoms with Gasteiger partial charge in [-0.2, -0.15) is 8.42 Å². The molecule has 6 nitrogen and oxygen atoms in total. The summed E-state index contributed by atoms with van der Waals surface area (Å²) in [6.45, 7) is 5.80. The van der Waals surface area contributed by atoms with E-state index in [4.69, 9.17) is 14.0 Å². The topological polar surface area (TPSA) is 89.9 Å². The third-order valence-corrected chi connectivity index (χ3v) is 6.78. The molecule has 2 aliphatic carbocycles. The third kappa shape index (κ3) is 4.17. The molecule has 2 aliphatic rings. The van der Waals surface area contributed by atoms with Crippen molar-refractivity contribution in [2.24, 2.45) is 17.3 Å². The van der Waals surface area contributed by atoms with Gasteiger partial charge in [0.25, 0.3) is 10.1 Å². The van der Waals surface area contributed by atoms with Gasteiger partial charge >= 0.3 is 5.97 Å². The summed E-state index contributed by atoms with van der Waals surface area (Å²) in [6.07, 6.45) is 4.18. The molecule has 3 unspecified atom stereocenters. The molecule has 0 saturated heterocycles. The van der Waals surface area contributed by atoms with E-state index >= 15 is 0 Å². The lowest BCUT2D eigenvalue weighted by molar-refractivity contribution is -0.0785. The van der Waals surface area contributed by atoms with Crippen LogP contribution in [0.15, 0.2) is 18.2 Å². The molecule has 1 aromatic rings. The van der Waals surface area contributed by atoms with Crippen LogP contribution in [0.5, 0.6) is 5.75 Å². The van der Waals surface area contributed by atoms with E-state index in [-0.39, 0.29) is 16.7 Å². The second-order valence-electron chi connectivity index (χ2n) is 8.89. The average Bonchev–Trinajstić information content (AvgIpc) is 3.16. The molecule has 8 heteroatoms. The lowest BCUT2D eigenvalue weighted by Crippen LogP contribution is -2.52. The number of fused-ring (bicyclic) bond motifs is 2. The van der Waals surface area contributed by atoms with Crippen LogP contribution < -0.4 is 4.74 Å². The van der Waals surface area contributed by atoms with E-state index in [1.54, 1.807) is 0 Å². The first-order chi connectivity index (χ1) is 12.9. The highest BCUT2D eigenvalue weighted by Gasteiger charge is 2.59. The van der Waals surface area contributed by atoms with Gasteiger partial charge in [0.05, 0.1) is 5.56 Å². The van der Waals surface area contributed by atoms with Gasteiger partial charge in [0.15, 0.2) is 11.6 Å². The van der Waals surface area contributed by atoms with E-state index in [2.05, 4.69) is 20.8 Å². The maximum absolute atomic E-state index is 14.5. The number of esters is 1. The highest BCUT2D eigenvalue weighted by atomic mass is 32.2. The molecule has 0 spiro atoms. The van der Waals surface area contributed by atoms with Crippen molar-refractivity contribution in [1.82, 2.24) is 0 Å². The summed E-state index contributed by atoms with van der Waals surface area (Å²) in [5.74, 6) is -1.11. The van der Waals surface area contributed by atoms with E-state index < -0.39 is 39.9 Å². The van der Waals surface area contributed by atoms with Gasteiger partial charge in [0, 0.05) is 5.41 Å². The summed E-state index contributed by atoms with van der Waals surface area (Å²) in [5.41, 5.74) is -0.630. The number of carbonyl (C=O) groups excluding carboxylic acids is 1. The normalized spacial score (nSPS) is 27.0. The van der Waals surface area contributed by atoms with Gasteiger partial charge < -0.3 is 9.47 Å². The largest absolute Gasteiger partial charge is 0.483 e. The SMILES string of the molecule is CC(C)(C)C1(Oc2cc(C(=O)OCCS(=O)(=O)O)ccc2F)CC2CCC1C2. The number of hydrogen-bond acceptors (Lipinski definition) is 5. The third-order valence-electron chi connectivity index (χ3n) is 6.10. The van der Waals surface area contributed by atoms with Crippen molar-refractivity contribution in [3.05, 3.63) is 29.6 Å². The van der Waals surface area contributed by atoms with E-state index in [0.717, 1.165) is 25.3 Å². The minimum atomic E-state index is -4.22. The first-order valence-electron chi connectivity index (χ1n) is 9.52. The Morgan fingerprint density at radius 1 is 1.32 bits per heavy atom. The zero-order chi connectivity index (χ0) is 20.7. The monoisotopic (exact) mass is 414 g/mol. The van der Waals surface area contributed by atoms with Crippen LogP contribution in [0.3, 0.4) is 0 Å². The predicted octanol–water partition coefficient (Wildman–Crippen LogP) is 3.85. The maximum atomic E-state index is 14.5. The van der Waals surface area contributed by atoms with Crippen LogP contribution >= 0.6 is 0 Å². The van der Waals surface area contributed by atoms with Gasteiger partial charge in [-0.25, -0.2) is 9.18 Å². The fourth-order valence-electron chi connectivity index (χ4n) is 4.70. The van der Waals surface area contributed by atoms with E-state index in [0.29, 0.717) is 11.8 Å². The molecule has 1 aromatic carbocycles. The van der Waals surface area contributed by atoms with Crippen molar-refractivity contribution in [3.8, 4) is 5.75 Å². The standard InChI is InChI=1S/C20H27FO6S/c1-19(2,3)20(12-13-4-6-15(20)10-13)27-17-11-14(5-7-16(17)21)18(22)26-8-9-28(23,24)25/h5,7,11,13,15H,4,6,8-10,12H2,1-3H3,(H,23,24,25).